The Kier molecular flexibility index (Phi) is 5.27. The summed E-state index contributed by atoms with van der Waals surface area (Å²) in [6.07, 6.45) is 2.19. The number of carbonyl (C=O) groups excluding carboxylic acids is 1. The van der Waals surface area contributed by atoms with E-state index in [4.69, 9.17) is 4.74 Å². The predicted molar refractivity (Wildman–Crippen MR) is 110 cm³/mol. The number of benzene rings is 1. The Morgan fingerprint density at radius 1 is 1.22 bits per heavy atom. The van der Waals surface area contributed by atoms with Crippen molar-refractivity contribution in [1.82, 2.24) is 4.57 Å². The molecule has 1 saturated heterocycles. The number of carbonyl (C=O) groups is 1. The topological polar surface area (TPSA) is 46.5 Å². The molecule has 0 aliphatic carbocycles. The molecule has 6 heteroatoms. The normalized spacial score (nSPS) is 17.1. The van der Waals surface area contributed by atoms with Gasteiger partial charge in [0.1, 0.15) is 5.69 Å². The second-order valence-electron chi connectivity index (χ2n) is 6.73. The van der Waals surface area contributed by atoms with Crippen LogP contribution in [0.3, 0.4) is 0 Å². The van der Waals surface area contributed by atoms with Crippen molar-refractivity contribution in [2.24, 2.45) is 0 Å². The molecule has 1 atom stereocenters. The number of morpholine rings is 1. The highest BCUT2D eigenvalue weighted by atomic mass is 32.1. The average molecular weight is 382 g/mol. The van der Waals surface area contributed by atoms with Gasteiger partial charge in [-0.05, 0) is 54.8 Å². The van der Waals surface area contributed by atoms with E-state index in [1.54, 1.807) is 11.3 Å². The Morgan fingerprint density at radius 3 is 2.81 bits per heavy atom. The Balaban J connectivity index is 1.42. The number of nitrogens with one attached hydrogen (secondary N) is 1. The molecule has 1 aromatic carbocycles. The zero-order valence-electron chi connectivity index (χ0n) is 15.3. The summed E-state index contributed by atoms with van der Waals surface area (Å²) in [5.41, 5.74) is 2.62. The lowest BCUT2D eigenvalue weighted by Gasteiger charge is -2.33. The van der Waals surface area contributed by atoms with Gasteiger partial charge < -0.3 is 19.5 Å². The van der Waals surface area contributed by atoms with Gasteiger partial charge in [0, 0.05) is 35.5 Å². The van der Waals surface area contributed by atoms with Crippen LogP contribution in [-0.4, -0.2) is 36.3 Å². The Bertz CT molecular complexity index is 887. The fourth-order valence-electron chi connectivity index (χ4n) is 3.33. The van der Waals surface area contributed by atoms with E-state index in [1.807, 2.05) is 41.1 Å². The van der Waals surface area contributed by atoms with Crippen molar-refractivity contribution in [3.05, 3.63) is 70.7 Å². The molecule has 2 aromatic heterocycles. The van der Waals surface area contributed by atoms with Gasteiger partial charge in [0.25, 0.3) is 5.91 Å². The number of hydrogen-bond acceptors (Lipinski definition) is 4. The molecule has 0 spiro atoms. The maximum Gasteiger partial charge on any atom is 0.272 e. The number of thiophene rings is 1. The first-order valence-corrected chi connectivity index (χ1v) is 10.0. The maximum absolute atomic E-state index is 12.7. The minimum absolute atomic E-state index is 0.0932. The SMILES string of the molecule is CC1CN(c2ccc(NC(=O)c3cccn3Cc3cccs3)cc2)CCO1. The molecule has 1 aliphatic rings. The van der Waals surface area contributed by atoms with Crippen molar-refractivity contribution in [2.45, 2.75) is 19.6 Å². The lowest BCUT2D eigenvalue weighted by Crippen LogP contribution is -2.41. The van der Waals surface area contributed by atoms with Gasteiger partial charge in [0.05, 0.1) is 19.3 Å². The molecule has 3 aromatic rings. The average Bonchev–Trinajstić information content (AvgIpc) is 3.35. The summed E-state index contributed by atoms with van der Waals surface area (Å²) in [7, 11) is 0. The third-order valence-electron chi connectivity index (χ3n) is 4.70. The fraction of sp³-hybridized carbons (Fsp3) is 0.286. The van der Waals surface area contributed by atoms with Gasteiger partial charge in [-0.2, -0.15) is 0 Å². The van der Waals surface area contributed by atoms with E-state index in [-0.39, 0.29) is 12.0 Å². The largest absolute Gasteiger partial charge is 0.375 e. The molecule has 4 rings (SSSR count). The monoisotopic (exact) mass is 381 g/mol. The highest BCUT2D eigenvalue weighted by Gasteiger charge is 2.17. The quantitative estimate of drug-likeness (QED) is 0.725. The summed E-state index contributed by atoms with van der Waals surface area (Å²) in [4.78, 5) is 16.2. The van der Waals surface area contributed by atoms with Crippen LogP contribution < -0.4 is 10.2 Å². The third-order valence-corrected chi connectivity index (χ3v) is 5.56. The van der Waals surface area contributed by atoms with Crippen LogP contribution >= 0.6 is 11.3 Å². The van der Waals surface area contributed by atoms with Crippen molar-refractivity contribution in [3.8, 4) is 0 Å². The zero-order chi connectivity index (χ0) is 18.6. The van der Waals surface area contributed by atoms with Gasteiger partial charge in [0.2, 0.25) is 0 Å². The minimum atomic E-state index is -0.0932. The Morgan fingerprint density at radius 2 is 2.07 bits per heavy atom. The first-order valence-electron chi connectivity index (χ1n) is 9.14. The van der Waals surface area contributed by atoms with Gasteiger partial charge >= 0.3 is 0 Å². The number of rotatable bonds is 5. The Labute approximate surface area is 163 Å². The second-order valence-corrected chi connectivity index (χ2v) is 7.76. The highest BCUT2D eigenvalue weighted by Crippen LogP contribution is 2.21. The van der Waals surface area contributed by atoms with Crippen LogP contribution in [-0.2, 0) is 11.3 Å². The van der Waals surface area contributed by atoms with E-state index in [0.717, 1.165) is 31.1 Å². The summed E-state index contributed by atoms with van der Waals surface area (Å²) in [6.45, 7) is 5.34. The van der Waals surface area contributed by atoms with Crippen LogP contribution in [0.2, 0.25) is 0 Å². The molecule has 5 nitrogen and oxygen atoms in total. The predicted octanol–water partition coefficient (Wildman–Crippen LogP) is 4.08. The molecule has 0 radical (unpaired) electrons. The lowest BCUT2D eigenvalue weighted by molar-refractivity contribution is 0.0532. The van der Waals surface area contributed by atoms with Gasteiger partial charge in [0.15, 0.2) is 0 Å². The smallest absolute Gasteiger partial charge is 0.272 e. The number of aromatic nitrogens is 1. The lowest BCUT2D eigenvalue weighted by atomic mass is 10.2. The van der Waals surface area contributed by atoms with Crippen LogP contribution in [0, 0.1) is 0 Å². The summed E-state index contributed by atoms with van der Waals surface area (Å²) < 4.78 is 7.57. The van der Waals surface area contributed by atoms with Crippen molar-refractivity contribution >= 4 is 28.6 Å². The van der Waals surface area contributed by atoms with E-state index in [1.165, 1.54) is 4.88 Å². The van der Waals surface area contributed by atoms with Crippen molar-refractivity contribution in [1.29, 1.82) is 0 Å². The summed E-state index contributed by atoms with van der Waals surface area (Å²) >= 11 is 1.69. The molecule has 3 heterocycles. The molecule has 27 heavy (non-hydrogen) atoms. The number of ether oxygens (including phenoxy) is 1. The van der Waals surface area contributed by atoms with E-state index >= 15 is 0 Å². The molecule has 0 saturated carbocycles. The summed E-state index contributed by atoms with van der Waals surface area (Å²) in [5.74, 6) is -0.0932. The molecule has 1 unspecified atom stereocenters. The van der Waals surface area contributed by atoms with Crippen LogP contribution in [0.5, 0.6) is 0 Å². The van der Waals surface area contributed by atoms with Crippen LogP contribution in [0.4, 0.5) is 11.4 Å². The number of amides is 1. The molecule has 1 aliphatic heterocycles. The van der Waals surface area contributed by atoms with Crippen molar-refractivity contribution in [2.75, 3.05) is 29.9 Å². The molecular weight excluding hydrogens is 358 g/mol. The molecule has 1 fully saturated rings. The zero-order valence-corrected chi connectivity index (χ0v) is 16.1. The molecule has 1 N–H and O–H groups in total. The van der Waals surface area contributed by atoms with Gasteiger partial charge in [-0.3, -0.25) is 4.79 Å². The van der Waals surface area contributed by atoms with E-state index in [9.17, 15) is 4.79 Å². The Hall–Kier alpha value is -2.57. The van der Waals surface area contributed by atoms with Gasteiger partial charge in [-0.25, -0.2) is 0 Å². The first kappa shape index (κ1) is 17.8. The number of hydrogen-bond donors (Lipinski definition) is 1. The van der Waals surface area contributed by atoms with Crippen LogP contribution in [0.15, 0.2) is 60.1 Å². The minimum Gasteiger partial charge on any atom is -0.375 e. The molecule has 0 bridgehead atoms. The van der Waals surface area contributed by atoms with E-state index in [0.29, 0.717) is 12.2 Å². The maximum atomic E-state index is 12.7. The second kappa shape index (κ2) is 7.98. The number of anilines is 2. The molecular formula is C21H23N3O2S. The van der Waals surface area contributed by atoms with Gasteiger partial charge in [-0.1, -0.05) is 6.07 Å². The van der Waals surface area contributed by atoms with Crippen molar-refractivity contribution in [3.63, 3.8) is 0 Å². The molecule has 1 amide bonds. The summed E-state index contributed by atoms with van der Waals surface area (Å²) in [5, 5.41) is 5.05. The standard InChI is InChI=1S/C21H23N3O2S/c1-16-14-23(11-12-26-16)18-8-6-17(7-9-18)22-21(25)20-5-2-10-24(20)15-19-4-3-13-27-19/h2-10,13,16H,11-12,14-15H2,1H3,(H,22,25). The van der Waals surface area contributed by atoms with Gasteiger partial charge in [-0.15, -0.1) is 11.3 Å². The van der Waals surface area contributed by atoms with Crippen molar-refractivity contribution < 1.29 is 9.53 Å². The molecule has 140 valence electrons. The first-order chi connectivity index (χ1) is 13.2. The summed E-state index contributed by atoms with van der Waals surface area (Å²) in [6, 6.07) is 15.9. The third kappa shape index (κ3) is 4.23. The van der Waals surface area contributed by atoms with Crippen LogP contribution in [0.25, 0.3) is 0 Å². The number of nitrogens with zero attached hydrogens (tertiary/aromatic N) is 2. The van der Waals surface area contributed by atoms with E-state index in [2.05, 4.69) is 40.7 Å². The van der Waals surface area contributed by atoms with Crippen LogP contribution in [0.1, 0.15) is 22.3 Å². The van der Waals surface area contributed by atoms with E-state index < -0.39 is 0 Å². The fourth-order valence-corrected chi connectivity index (χ4v) is 4.03. The highest BCUT2D eigenvalue weighted by molar-refractivity contribution is 7.09.